The fourth-order valence-corrected chi connectivity index (χ4v) is 4.27. The predicted molar refractivity (Wildman–Crippen MR) is 127 cm³/mol. The zero-order chi connectivity index (χ0) is 23.4. The monoisotopic (exact) mass is 444 g/mol. The lowest BCUT2D eigenvalue weighted by molar-refractivity contribution is 0.0702. The summed E-state index contributed by atoms with van der Waals surface area (Å²) < 4.78 is 7.28. The molecule has 0 saturated heterocycles. The molecule has 0 aliphatic carbocycles. The van der Waals surface area contributed by atoms with Crippen molar-refractivity contribution in [3.8, 4) is 0 Å². The van der Waals surface area contributed by atoms with Gasteiger partial charge in [-0.25, -0.2) is 4.98 Å². The first-order valence-electron chi connectivity index (χ1n) is 11.0. The summed E-state index contributed by atoms with van der Waals surface area (Å²) in [4.78, 5) is 32.0. The van der Waals surface area contributed by atoms with E-state index in [0.29, 0.717) is 35.3 Å². The minimum atomic E-state index is -0.146. The number of carbonyl (C=O) groups excluding carboxylic acids is 2. The van der Waals surface area contributed by atoms with Crippen molar-refractivity contribution in [1.29, 1.82) is 0 Å². The fourth-order valence-electron chi connectivity index (χ4n) is 4.27. The SMILES string of the molecule is CC(c1ccccc1)C(CCNC(=O)c1cccn1C)N(C)C(=O)c1cccc2ncoc12. The minimum Gasteiger partial charge on any atom is -0.443 e. The molecule has 2 unspecified atom stereocenters. The number of amides is 2. The number of rotatable bonds is 8. The van der Waals surface area contributed by atoms with Gasteiger partial charge in [-0.1, -0.05) is 43.3 Å². The van der Waals surface area contributed by atoms with Crippen LogP contribution in [0.4, 0.5) is 0 Å². The van der Waals surface area contributed by atoms with Crippen LogP contribution < -0.4 is 5.32 Å². The molecular formula is C26H28N4O3. The molecule has 0 fully saturated rings. The number of carbonyl (C=O) groups is 2. The topological polar surface area (TPSA) is 80.4 Å². The zero-order valence-electron chi connectivity index (χ0n) is 19.1. The highest BCUT2D eigenvalue weighted by Gasteiger charge is 2.29. The van der Waals surface area contributed by atoms with Gasteiger partial charge in [-0.05, 0) is 36.2 Å². The van der Waals surface area contributed by atoms with Crippen molar-refractivity contribution in [2.45, 2.75) is 25.3 Å². The molecule has 0 saturated carbocycles. The number of fused-ring (bicyclic) bond motifs is 1. The third-order valence-corrected chi connectivity index (χ3v) is 6.21. The quantitative estimate of drug-likeness (QED) is 0.441. The second-order valence-electron chi connectivity index (χ2n) is 8.24. The lowest BCUT2D eigenvalue weighted by Gasteiger charge is -2.33. The minimum absolute atomic E-state index is 0.0565. The van der Waals surface area contributed by atoms with E-state index in [-0.39, 0.29) is 23.8 Å². The summed E-state index contributed by atoms with van der Waals surface area (Å²) in [5.41, 5.74) is 3.35. The Bertz CT molecular complexity index is 1240. The largest absolute Gasteiger partial charge is 0.443 e. The molecule has 2 heterocycles. The molecule has 170 valence electrons. The van der Waals surface area contributed by atoms with Crippen LogP contribution in [-0.4, -0.2) is 45.9 Å². The molecule has 2 atom stereocenters. The average molecular weight is 445 g/mol. The molecule has 0 bridgehead atoms. The lowest BCUT2D eigenvalue weighted by Crippen LogP contribution is -2.42. The van der Waals surface area contributed by atoms with E-state index in [2.05, 4.69) is 29.4 Å². The van der Waals surface area contributed by atoms with Crippen LogP contribution in [0.2, 0.25) is 0 Å². The van der Waals surface area contributed by atoms with Gasteiger partial charge in [-0.3, -0.25) is 9.59 Å². The number of aromatic nitrogens is 2. The Morgan fingerprint density at radius 1 is 1.09 bits per heavy atom. The van der Waals surface area contributed by atoms with E-state index in [4.69, 9.17) is 4.42 Å². The number of oxazole rings is 1. The van der Waals surface area contributed by atoms with Crippen molar-refractivity contribution >= 4 is 22.9 Å². The molecule has 33 heavy (non-hydrogen) atoms. The molecule has 0 aliphatic rings. The van der Waals surface area contributed by atoms with Crippen molar-refractivity contribution in [1.82, 2.24) is 19.8 Å². The number of likely N-dealkylation sites (N-methyl/N-ethyl adjacent to an activating group) is 1. The van der Waals surface area contributed by atoms with Gasteiger partial charge in [-0.15, -0.1) is 0 Å². The van der Waals surface area contributed by atoms with Gasteiger partial charge < -0.3 is 19.2 Å². The fraction of sp³-hybridized carbons (Fsp3) is 0.269. The van der Waals surface area contributed by atoms with Crippen LogP contribution in [0.25, 0.3) is 11.1 Å². The number of benzene rings is 2. The third-order valence-electron chi connectivity index (χ3n) is 6.21. The normalized spacial score (nSPS) is 12.9. The van der Waals surface area contributed by atoms with E-state index in [1.165, 1.54) is 6.39 Å². The van der Waals surface area contributed by atoms with Gasteiger partial charge in [0.2, 0.25) is 0 Å². The van der Waals surface area contributed by atoms with Crippen LogP contribution in [0.5, 0.6) is 0 Å². The van der Waals surface area contributed by atoms with Crippen LogP contribution in [0.15, 0.2) is 77.7 Å². The van der Waals surface area contributed by atoms with Gasteiger partial charge >= 0.3 is 0 Å². The van der Waals surface area contributed by atoms with Crippen LogP contribution in [0, 0.1) is 0 Å². The molecular weight excluding hydrogens is 416 g/mol. The molecule has 7 nitrogen and oxygen atoms in total. The van der Waals surface area contributed by atoms with Gasteiger partial charge in [0.15, 0.2) is 12.0 Å². The first-order valence-corrected chi connectivity index (χ1v) is 11.0. The molecule has 2 aromatic carbocycles. The third kappa shape index (κ3) is 4.67. The molecule has 0 radical (unpaired) electrons. The maximum atomic E-state index is 13.5. The highest BCUT2D eigenvalue weighted by Crippen LogP contribution is 2.27. The molecule has 2 amide bonds. The summed E-state index contributed by atoms with van der Waals surface area (Å²) in [6.45, 7) is 2.55. The molecule has 4 aromatic rings. The summed E-state index contributed by atoms with van der Waals surface area (Å²) in [7, 11) is 3.65. The number of hydrogen-bond donors (Lipinski definition) is 1. The Morgan fingerprint density at radius 3 is 2.61 bits per heavy atom. The Balaban J connectivity index is 1.55. The van der Waals surface area contributed by atoms with E-state index >= 15 is 0 Å². The van der Waals surface area contributed by atoms with Crippen molar-refractivity contribution in [3.05, 3.63) is 90.1 Å². The van der Waals surface area contributed by atoms with Crippen molar-refractivity contribution < 1.29 is 14.0 Å². The van der Waals surface area contributed by atoms with Crippen LogP contribution in [0.1, 0.15) is 45.7 Å². The van der Waals surface area contributed by atoms with E-state index in [1.54, 1.807) is 28.6 Å². The summed E-state index contributed by atoms with van der Waals surface area (Å²) in [6, 6.07) is 19.0. The van der Waals surface area contributed by atoms with E-state index in [9.17, 15) is 9.59 Å². The lowest BCUT2D eigenvalue weighted by atomic mass is 9.89. The van der Waals surface area contributed by atoms with Gasteiger partial charge in [0.25, 0.3) is 11.8 Å². The Morgan fingerprint density at radius 2 is 1.88 bits per heavy atom. The Labute approximate surface area is 193 Å². The predicted octanol–water partition coefficient (Wildman–Crippen LogP) is 4.23. The Kier molecular flexibility index (Phi) is 6.58. The average Bonchev–Trinajstić information content (AvgIpc) is 3.49. The van der Waals surface area contributed by atoms with E-state index in [1.807, 2.05) is 49.6 Å². The van der Waals surface area contributed by atoms with E-state index in [0.717, 1.165) is 5.56 Å². The summed E-state index contributed by atoms with van der Waals surface area (Å²) in [5, 5.41) is 3.00. The van der Waals surface area contributed by atoms with Crippen LogP contribution in [-0.2, 0) is 7.05 Å². The number of hydrogen-bond acceptors (Lipinski definition) is 4. The van der Waals surface area contributed by atoms with Crippen molar-refractivity contribution in [2.75, 3.05) is 13.6 Å². The summed E-state index contributed by atoms with van der Waals surface area (Å²) in [5.74, 6) is -0.214. The van der Waals surface area contributed by atoms with Gasteiger partial charge in [0.05, 0.1) is 5.56 Å². The van der Waals surface area contributed by atoms with Gasteiger partial charge in [0, 0.05) is 38.8 Å². The second kappa shape index (κ2) is 9.73. The molecule has 0 aliphatic heterocycles. The smallest absolute Gasteiger partial charge is 0.267 e. The standard InChI is InChI=1S/C26H28N4O3/c1-18(19-9-5-4-6-10-19)22(14-15-27-25(31)23-13-8-16-29(23)2)30(3)26(32)20-11-7-12-21-24(20)33-17-28-21/h4-13,16-18,22H,14-15H2,1-3H3,(H,27,31). The highest BCUT2D eigenvalue weighted by atomic mass is 16.3. The highest BCUT2D eigenvalue weighted by molar-refractivity contribution is 6.04. The van der Waals surface area contributed by atoms with Crippen molar-refractivity contribution in [2.24, 2.45) is 7.05 Å². The number of para-hydroxylation sites is 1. The van der Waals surface area contributed by atoms with Crippen LogP contribution in [0.3, 0.4) is 0 Å². The van der Waals surface area contributed by atoms with Crippen LogP contribution >= 0.6 is 0 Å². The van der Waals surface area contributed by atoms with Crippen molar-refractivity contribution in [3.63, 3.8) is 0 Å². The maximum Gasteiger partial charge on any atom is 0.267 e. The molecule has 0 spiro atoms. The first-order chi connectivity index (χ1) is 16.0. The summed E-state index contributed by atoms with van der Waals surface area (Å²) >= 11 is 0. The molecule has 7 heteroatoms. The summed E-state index contributed by atoms with van der Waals surface area (Å²) in [6.07, 6.45) is 3.79. The Hall–Kier alpha value is -3.87. The zero-order valence-corrected chi connectivity index (χ0v) is 19.1. The number of aryl methyl sites for hydroxylation is 1. The second-order valence-corrected chi connectivity index (χ2v) is 8.24. The number of nitrogens with one attached hydrogen (secondary N) is 1. The van der Waals surface area contributed by atoms with Gasteiger partial charge in [0.1, 0.15) is 11.2 Å². The maximum absolute atomic E-state index is 13.5. The van der Waals surface area contributed by atoms with Gasteiger partial charge in [-0.2, -0.15) is 0 Å². The molecule has 2 aromatic heterocycles. The van der Waals surface area contributed by atoms with E-state index < -0.39 is 0 Å². The molecule has 4 rings (SSSR count). The number of nitrogens with zero attached hydrogens (tertiary/aromatic N) is 3. The molecule has 1 N–H and O–H groups in total. The first kappa shape index (κ1) is 22.3.